The van der Waals surface area contributed by atoms with E-state index in [0.29, 0.717) is 16.5 Å². The number of carbonyl (C=O) groups is 2. The molecular weight excluding hydrogens is 242 g/mol. The summed E-state index contributed by atoms with van der Waals surface area (Å²) in [6.45, 7) is 1.46. The quantitative estimate of drug-likeness (QED) is 0.880. The number of halogens is 1. The number of Topliss-reactive ketones (excluding diaryl/α,β-unsaturated/α-hetero) is 1. The van der Waals surface area contributed by atoms with Gasteiger partial charge in [0.05, 0.1) is 12.1 Å². The summed E-state index contributed by atoms with van der Waals surface area (Å²) in [5.74, 6) is 0.336. The van der Waals surface area contributed by atoms with Gasteiger partial charge >= 0.3 is 0 Å². The van der Waals surface area contributed by atoms with Crippen LogP contribution in [0.25, 0.3) is 0 Å². The monoisotopic (exact) mass is 255 g/mol. The normalized spacial score (nSPS) is 9.82. The van der Waals surface area contributed by atoms with Crippen molar-refractivity contribution >= 4 is 29.0 Å². The molecule has 1 aromatic carbocycles. The van der Waals surface area contributed by atoms with Crippen LogP contribution in [-0.2, 0) is 9.59 Å². The second-order valence-electron chi connectivity index (χ2n) is 3.60. The Hall–Kier alpha value is -1.55. The number of carbonyl (C=O) groups excluding carboxylic acids is 2. The van der Waals surface area contributed by atoms with Crippen LogP contribution in [0.2, 0.25) is 5.02 Å². The molecule has 17 heavy (non-hydrogen) atoms. The molecule has 1 N–H and O–H groups in total. The Morgan fingerprint density at radius 2 is 2.06 bits per heavy atom. The summed E-state index contributed by atoms with van der Waals surface area (Å²) >= 11 is 5.91. The molecule has 5 heteroatoms. The standard InChI is InChI=1S/C12H14ClNO3/c1-8(15)3-6-12(16)14-9-4-5-11(17-2)10(13)7-9/h4-5,7H,3,6H2,1-2H3,(H,14,16). The van der Waals surface area contributed by atoms with E-state index in [0.717, 1.165) is 0 Å². The zero-order chi connectivity index (χ0) is 12.8. The highest BCUT2D eigenvalue weighted by molar-refractivity contribution is 6.32. The molecule has 0 radical (unpaired) electrons. The van der Waals surface area contributed by atoms with Gasteiger partial charge in [-0.2, -0.15) is 0 Å². The number of hydrogen-bond donors (Lipinski definition) is 1. The molecule has 0 heterocycles. The molecule has 0 aliphatic carbocycles. The highest BCUT2D eigenvalue weighted by Gasteiger charge is 2.06. The maximum absolute atomic E-state index is 11.4. The highest BCUT2D eigenvalue weighted by atomic mass is 35.5. The predicted molar refractivity (Wildman–Crippen MR) is 66.5 cm³/mol. The average molecular weight is 256 g/mol. The summed E-state index contributed by atoms with van der Waals surface area (Å²) in [6.07, 6.45) is 0.425. The Morgan fingerprint density at radius 1 is 1.35 bits per heavy atom. The molecule has 1 amide bonds. The van der Waals surface area contributed by atoms with Crippen molar-refractivity contribution in [1.29, 1.82) is 0 Å². The maximum Gasteiger partial charge on any atom is 0.224 e. The van der Waals surface area contributed by atoms with Crippen LogP contribution in [0.5, 0.6) is 5.75 Å². The Balaban J connectivity index is 2.60. The Labute approximate surface area is 105 Å². The van der Waals surface area contributed by atoms with E-state index in [1.165, 1.54) is 14.0 Å². The second-order valence-corrected chi connectivity index (χ2v) is 4.01. The summed E-state index contributed by atoms with van der Waals surface area (Å²) < 4.78 is 4.99. The van der Waals surface area contributed by atoms with Gasteiger partial charge in [-0.05, 0) is 25.1 Å². The third kappa shape index (κ3) is 4.44. The van der Waals surface area contributed by atoms with Crippen molar-refractivity contribution in [2.24, 2.45) is 0 Å². The lowest BCUT2D eigenvalue weighted by molar-refractivity contribution is -0.121. The van der Waals surface area contributed by atoms with E-state index in [2.05, 4.69) is 5.32 Å². The molecule has 0 atom stereocenters. The van der Waals surface area contributed by atoms with Crippen molar-refractivity contribution in [2.75, 3.05) is 12.4 Å². The Bertz CT molecular complexity index is 432. The number of ketones is 1. The first-order chi connectivity index (χ1) is 8.02. The van der Waals surface area contributed by atoms with Gasteiger partial charge in [0, 0.05) is 18.5 Å². The summed E-state index contributed by atoms with van der Waals surface area (Å²) in [5, 5.41) is 3.09. The summed E-state index contributed by atoms with van der Waals surface area (Å²) in [7, 11) is 1.52. The molecule has 0 saturated carbocycles. The van der Waals surface area contributed by atoms with E-state index >= 15 is 0 Å². The Kier molecular flexibility index (Phi) is 4.97. The summed E-state index contributed by atoms with van der Waals surface area (Å²) in [6, 6.07) is 4.96. The molecule has 0 bridgehead atoms. The van der Waals surface area contributed by atoms with Gasteiger partial charge in [-0.3, -0.25) is 4.79 Å². The number of methoxy groups -OCH3 is 1. The highest BCUT2D eigenvalue weighted by Crippen LogP contribution is 2.27. The third-order valence-corrected chi connectivity index (χ3v) is 2.44. The number of ether oxygens (including phenoxy) is 1. The van der Waals surface area contributed by atoms with Crippen molar-refractivity contribution in [3.63, 3.8) is 0 Å². The van der Waals surface area contributed by atoms with Crippen LogP contribution >= 0.6 is 11.6 Å². The lowest BCUT2D eigenvalue weighted by atomic mass is 10.2. The van der Waals surface area contributed by atoms with Crippen LogP contribution in [0.15, 0.2) is 18.2 Å². The minimum absolute atomic E-state index is 0.00656. The topological polar surface area (TPSA) is 55.4 Å². The van der Waals surface area contributed by atoms with Gasteiger partial charge < -0.3 is 14.8 Å². The molecular formula is C12H14ClNO3. The van der Waals surface area contributed by atoms with Gasteiger partial charge in [0.1, 0.15) is 11.5 Å². The molecule has 1 aromatic rings. The first kappa shape index (κ1) is 13.5. The lowest BCUT2D eigenvalue weighted by Gasteiger charge is -2.07. The van der Waals surface area contributed by atoms with Crippen LogP contribution in [0.1, 0.15) is 19.8 Å². The van der Waals surface area contributed by atoms with Gasteiger partial charge in [-0.15, -0.1) is 0 Å². The average Bonchev–Trinajstić information content (AvgIpc) is 2.26. The van der Waals surface area contributed by atoms with Crippen molar-refractivity contribution in [1.82, 2.24) is 0 Å². The van der Waals surface area contributed by atoms with Crippen molar-refractivity contribution in [2.45, 2.75) is 19.8 Å². The fourth-order valence-corrected chi connectivity index (χ4v) is 1.51. The smallest absolute Gasteiger partial charge is 0.224 e. The molecule has 0 saturated heterocycles. The van der Waals surface area contributed by atoms with Crippen molar-refractivity contribution < 1.29 is 14.3 Å². The van der Waals surface area contributed by atoms with E-state index in [4.69, 9.17) is 16.3 Å². The number of nitrogens with one attached hydrogen (secondary N) is 1. The van der Waals surface area contributed by atoms with E-state index in [1.807, 2.05) is 0 Å². The lowest BCUT2D eigenvalue weighted by Crippen LogP contribution is -2.12. The summed E-state index contributed by atoms with van der Waals surface area (Å²) in [4.78, 5) is 22.2. The number of anilines is 1. The molecule has 1 rings (SSSR count). The first-order valence-electron chi connectivity index (χ1n) is 5.15. The van der Waals surface area contributed by atoms with Gasteiger partial charge in [0.2, 0.25) is 5.91 Å². The predicted octanol–water partition coefficient (Wildman–Crippen LogP) is 2.66. The minimum atomic E-state index is -0.207. The molecule has 0 aliphatic heterocycles. The van der Waals surface area contributed by atoms with Crippen LogP contribution in [-0.4, -0.2) is 18.8 Å². The zero-order valence-corrected chi connectivity index (χ0v) is 10.5. The minimum Gasteiger partial charge on any atom is -0.495 e. The van der Waals surface area contributed by atoms with Gasteiger partial charge in [0.25, 0.3) is 0 Å². The fraction of sp³-hybridized carbons (Fsp3) is 0.333. The van der Waals surface area contributed by atoms with Crippen LogP contribution in [0, 0.1) is 0 Å². The van der Waals surface area contributed by atoms with Crippen LogP contribution in [0.4, 0.5) is 5.69 Å². The third-order valence-electron chi connectivity index (χ3n) is 2.14. The van der Waals surface area contributed by atoms with E-state index in [1.54, 1.807) is 18.2 Å². The van der Waals surface area contributed by atoms with E-state index in [9.17, 15) is 9.59 Å². The zero-order valence-electron chi connectivity index (χ0n) is 9.75. The van der Waals surface area contributed by atoms with Crippen molar-refractivity contribution in [3.8, 4) is 5.75 Å². The summed E-state index contributed by atoms with van der Waals surface area (Å²) in [5.41, 5.74) is 0.587. The first-order valence-corrected chi connectivity index (χ1v) is 5.53. The number of amides is 1. The van der Waals surface area contributed by atoms with Crippen LogP contribution < -0.4 is 10.1 Å². The number of benzene rings is 1. The van der Waals surface area contributed by atoms with Gasteiger partial charge in [0.15, 0.2) is 0 Å². The van der Waals surface area contributed by atoms with Crippen LogP contribution in [0.3, 0.4) is 0 Å². The molecule has 0 aliphatic rings. The molecule has 0 spiro atoms. The maximum atomic E-state index is 11.4. The van der Waals surface area contributed by atoms with Gasteiger partial charge in [-0.1, -0.05) is 11.6 Å². The van der Waals surface area contributed by atoms with E-state index in [-0.39, 0.29) is 24.5 Å². The molecule has 4 nitrogen and oxygen atoms in total. The number of rotatable bonds is 5. The SMILES string of the molecule is COc1ccc(NC(=O)CCC(C)=O)cc1Cl. The van der Waals surface area contributed by atoms with E-state index < -0.39 is 0 Å². The molecule has 0 aromatic heterocycles. The molecule has 0 unspecified atom stereocenters. The Morgan fingerprint density at radius 3 is 2.59 bits per heavy atom. The van der Waals surface area contributed by atoms with Crippen molar-refractivity contribution in [3.05, 3.63) is 23.2 Å². The number of hydrogen-bond acceptors (Lipinski definition) is 3. The van der Waals surface area contributed by atoms with Gasteiger partial charge in [-0.25, -0.2) is 0 Å². The second kappa shape index (κ2) is 6.25. The molecule has 92 valence electrons. The fourth-order valence-electron chi connectivity index (χ4n) is 1.26. The molecule has 0 fully saturated rings. The largest absolute Gasteiger partial charge is 0.495 e.